The SMILES string of the molecule is CCCCCCC=CCON=CCCCCCCC(CCCCCCC=NOCC=CCCCCCC)OC(=O)CC(C)(C)CC(C)(C)CCN(C)C. The van der Waals surface area contributed by atoms with Crippen molar-refractivity contribution in [3.8, 4) is 0 Å². The number of esters is 1. The lowest BCUT2D eigenvalue weighted by Gasteiger charge is -2.35. The monoisotopic (exact) mass is 746 g/mol. The van der Waals surface area contributed by atoms with Crippen molar-refractivity contribution in [2.24, 2.45) is 21.1 Å². The number of hydrogen-bond donors (Lipinski definition) is 0. The highest BCUT2D eigenvalue weighted by atomic mass is 16.6. The molecular formula is C46H87N3O4. The van der Waals surface area contributed by atoms with Crippen molar-refractivity contribution >= 4 is 18.4 Å². The predicted octanol–water partition coefficient (Wildman–Crippen LogP) is 13.4. The first-order valence-electron chi connectivity index (χ1n) is 21.9. The van der Waals surface area contributed by atoms with Crippen molar-refractivity contribution in [2.45, 2.75) is 208 Å². The third-order valence-electron chi connectivity index (χ3n) is 9.75. The summed E-state index contributed by atoms with van der Waals surface area (Å²) in [6.07, 6.45) is 40.3. The molecular weight excluding hydrogens is 659 g/mol. The van der Waals surface area contributed by atoms with Gasteiger partial charge in [-0.25, -0.2) is 0 Å². The third kappa shape index (κ3) is 37.9. The molecule has 0 spiro atoms. The summed E-state index contributed by atoms with van der Waals surface area (Å²) in [5, 5.41) is 8.21. The van der Waals surface area contributed by atoms with Crippen LogP contribution in [0, 0.1) is 10.8 Å². The zero-order valence-corrected chi connectivity index (χ0v) is 36.3. The van der Waals surface area contributed by atoms with Gasteiger partial charge in [0, 0.05) is 12.4 Å². The molecule has 0 rings (SSSR count). The quantitative estimate of drug-likeness (QED) is 0.0207. The molecule has 310 valence electrons. The Bertz CT molecular complexity index is 893. The minimum absolute atomic E-state index is 0.00405. The van der Waals surface area contributed by atoms with Gasteiger partial charge in [-0.3, -0.25) is 4.79 Å². The summed E-state index contributed by atoms with van der Waals surface area (Å²) in [6, 6.07) is 0. The largest absolute Gasteiger partial charge is 0.462 e. The number of allylic oxidation sites excluding steroid dienone is 2. The number of carbonyl (C=O) groups excluding carboxylic acids is 1. The minimum atomic E-state index is -0.0942. The zero-order chi connectivity index (χ0) is 39.3. The van der Waals surface area contributed by atoms with Crippen LogP contribution in [0.2, 0.25) is 0 Å². The van der Waals surface area contributed by atoms with Gasteiger partial charge in [0.25, 0.3) is 0 Å². The van der Waals surface area contributed by atoms with E-state index < -0.39 is 0 Å². The molecule has 0 aliphatic rings. The highest BCUT2D eigenvalue weighted by Gasteiger charge is 2.32. The van der Waals surface area contributed by atoms with E-state index in [9.17, 15) is 4.79 Å². The Labute approximate surface area is 329 Å². The highest BCUT2D eigenvalue weighted by Crippen LogP contribution is 2.39. The van der Waals surface area contributed by atoms with E-state index in [1.165, 1.54) is 51.4 Å². The van der Waals surface area contributed by atoms with E-state index in [2.05, 4.69) is 95.2 Å². The number of nitrogens with zero attached hydrogens (tertiary/aromatic N) is 3. The van der Waals surface area contributed by atoms with Gasteiger partial charge in [0.15, 0.2) is 0 Å². The molecule has 0 saturated carbocycles. The van der Waals surface area contributed by atoms with E-state index in [1.54, 1.807) is 0 Å². The Morgan fingerprint density at radius 1 is 0.604 bits per heavy atom. The number of rotatable bonds is 38. The number of oxime groups is 2. The van der Waals surface area contributed by atoms with Crippen molar-refractivity contribution < 1.29 is 19.2 Å². The average molecular weight is 746 g/mol. The van der Waals surface area contributed by atoms with E-state index in [0.717, 1.165) is 109 Å². The Balaban J connectivity index is 4.55. The van der Waals surface area contributed by atoms with Crippen LogP contribution < -0.4 is 0 Å². The molecule has 0 heterocycles. The smallest absolute Gasteiger partial charge is 0.306 e. The molecule has 0 saturated heterocycles. The number of unbranched alkanes of at least 4 members (excludes halogenated alkanes) is 16. The van der Waals surface area contributed by atoms with Crippen LogP contribution in [0.4, 0.5) is 0 Å². The maximum Gasteiger partial charge on any atom is 0.306 e. The first-order chi connectivity index (χ1) is 25.5. The standard InChI is InChI=1S/C46H87N3O4/c1-9-11-13-15-17-25-31-39-51-47-36-29-23-19-21-27-33-43(53-44(50)41-46(5,6)42-45(3,4)35-38-49(7)8)34-28-22-20-24-30-37-48-52-40-32-26-18-16-14-12-10-2/h25-26,31-32,36-37,43H,9-24,27-30,33-35,38-42H2,1-8H3. The van der Waals surface area contributed by atoms with Gasteiger partial charge in [0.2, 0.25) is 0 Å². The fourth-order valence-corrected chi connectivity index (χ4v) is 6.91. The van der Waals surface area contributed by atoms with Crippen LogP contribution in [0.1, 0.15) is 202 Å². The average Bonchev–Trinajstić information content (AvgIpc) is 3.09. The summed E-state index contributed by atoms with van der Waals surface area (Å²) < 4.78 is 6.21. The molecule has 0 atom stereocenters. The van der Waals surface area contributed by atoms with Crippen LogP contribution >= 0.6 is 0 Å². The number of ether oxygens (including phenoxy) is 1. The molecule has 0 aromatic heterocycles. The molecule has 0 aromatic rings. The summed E-state index contributed by atoms with van der Waals surface area (Å²) in [5.74, 6) is -0.0338. The van der Waals surface area contributed by atoms with Crippen LogP contribution in [-0.2, 0) is 19.2 Å². The van der Waals surface area contributed by atoms with E-state index in [-0.39, 0.29) is 22.9 Å². The Morgan fingerprint density at radius 2 is 1.06 bits per heavy atom. The molecule has 7 heteroatoms. The van der Waals surface area contributed by atoms with Crippen LogP contribution in [0.25, 0.3) is 0 Å². The van der Waals surface area contributed by atoms with Gasteiger partial charge in [-0.1, -0.05) is 128 Å². The first kappa shape index (κ1) is 50.9. The number of carbonyl (C=O) groups is 1. The van der Waals surface area contributed by atoms with Gasteiger partial charge < -0.3 is 19.3 Å². The summed E-state index contributed by atoms with van der Waals surface area (Å²) >= 11 is 0. The Morgan fingerprint density at radius 3 is 1.53 bits per heavy atom. The molecule has 0 aliphatic carbocycles. The van der Waals surface area contributed by atoms with Crippen molar-refractivity contribution in [3.05, 3.63) is 24.3 Å². The molecule has 53 heavy (non-hydrogen) atoms. The third-order valence-corrected chi connectivity index (χ3v) is 9.75. The Kier molecular flexibility index (Phi) is 34.1. The van der Waals surface area contributed by atoms with Gasteiger partial charge in [-0.05, 0) is 134 Å². The molecule has 0 aromatic carbocycles. The highest BCUT2D eigenvalue weighted by molar-refractivity contribution is 5.70. The van der Waals surface area contributed by atoms with E-state index in [4.69, 9.17) is 14.4 Å². The Hall–Kier alpha value is -2.15. The van der Waals surface area contributed by atoms with Gasteiger partial charge >= 0.3 is 5.97 Å². The van der Waals surface area contributed by atoms with Crippen LogP contribution in [0.3, 0.4) is 0 Å². The molecule has 0 unspecified atom stereocenters. The zero-order valence-electron chi connectivity index (χ0n) is 36.3. The molecule has 7 nitrogen and oxygen atoms in total. The van der Waals surface area contributed by atoms with Crippen molar-refractivity contribution in [1.82, 2.24) is 4.90 Å². The lowest BCUT2D eigenvalue weighted by atomic mass is 9.72. The molecule has 0 fully saturated rings. The van der Waals surface area contributed by atoms with Crippen LogP contribution in [-0.4, -0.2) is 63.3 Å². The summed E-state index contributed by atoms with van der Waals surface area (Å²) in [5.41, 5.74) is 0.0827. The molecule has 0 radical (unpaired) electrons. The van der Waals surface area contributed by atoms with Gasteiger partial charge in [0.1, 0.15) is 19.3 Å². The second kappa shape index (κ2) is 35.5. The van der Waals surface area contributed by atoms with E-state index in [0.29, 0.717) is 19.6 Å². The molecule has 0 amide bonds. The maximum atomic E-state index is 13.3. The second-order valence-electron chi connectivity index (χ2n) is 17.1. The lowest BCUT2D eigenvalue weighted by molar-refractivity contribution is -0.152. The van der Waals surface area contributed by atoms with Crippen LogP contribution in [0.15, 0.2) is 34.6 Å². The molecule has 0 bridgehead atoms. The maximum absolute atomic E-state index is 13.3. The second-order valence-corrected chi connectivity index (χ2v) is 17.1. The topological polar surface area (TPSA) is 72.7 Å². The fourth-order valence-electron chi connectivity index (χ4n) is 6.91. The van der Waals surface area contributed by atoms with Gasteiger partial charge in [-0.15, -0.1) is 0 Å². The normalized spacial score (nSPS) is 13.4. The minimum Gasteiger partial charge on any atom is -0.462 e. The van der Waals surface area contributed by atoms with Gasteiger partial charge in [-0.2, -0.15) is 0 Å². The first-order valence-corrected chi connectivity index (χ1v) is 21.9. The molecule has 0 N–H and O–H groups in total. The fraction of sp³-hybridized carbons (Fsp3) is 0.848. The van der Waals surface area contributed by atoms with E-state index in [1.807, 2.05) is 12.4 Å². The van der Waals surface area contributed by atoms with Crippen molar-refractivity contribution in [2.75, 3.05) is 33.9 Å². The van der Waals surface area contributed by atoms with Gasteiger partial charge in [0.05, 0.1) is 6.42 Å². The molecule has 0 aliphatic heterocycles. The van der Waals surface area contributed by atoms with Crippen LogP contribution in [0.5, 0.6) is 0 Å². The van der Waals surface area contributed by atoms with E-state index >= 15 is 0 Å². The summed E-state index contributed by atoms with van der Waals surface area (Å²) in [7, 11) is 4.25. The lowest BCUT2D eigenvalue weighted by Crippen LogP contribution is -2.30. The number of hydrogen-bond acceptors (Lipinski definition) is 7. The van der Waals surface area contributed by atoms with Crippen molar-refractivity contribution in [3.63, 3.8) is 0 Å². The van der Waals surface area contributed by atoms with Crippen molar-refractivity contribution in [1.29, 1.82) is 0 Å². The summed E-state index contributed by atoms with van der Waals surface area (Å²) in [4.78, 5) is 26.2. The summed E-state index contributed by atoms with van der Waals surface area (Å²) in [6.45, 7) is 15.7. The predicted molar refractivity (Wildman–Crippen MR) is 230 cm³/mol.